The van der Waals surface area contributed by atoms with Crippen LogP contribution in [-0.2, 0) is 4.79 Å². The van der Waals surface area contributed by atoms with Crippen LogP contribution in [0, 0.1) is 0 Å². The summed E-state index contributed by atoms with van der Waals surface area (Å²) >= 11 is 4.60. The molecule has 0 saturated heterocycles. The van der Waals surface area contributed by atoms with E-state index in [0.29, 0.717) is 21.8 Å². The van der Waals surface area contributed by atoms with Crippen LogP contribution >= 0.6 is 27.3 Å². The molecule has 1 heterocycles. The van der Waals surface area contributed by atoms with Gasteiger partial charge in [-0.05, 0) is 59.5 Å². The zero-order valence-corrected chi connectivity index (χ0v) is 17.9. The van der Waals surface area contributed by atoms with Gasteiger partial charge in [0.2, 0.25) is 0 Å². The summed E-state index contributed by atoms with van der Waals surface area (Å²) in [5, 5.41) is 8.17. The molecule has 1 aromatic heterocycles. The number of halogens is 1. The van der Waals surface area contributed by atoms with Gasteiger partial charge in [0.1, 0.15) is 10.6 Å². The van der Waals surface area contributed by atoms with Crippen LogP contribution in [0.25, 0.3) is 0 Å². The van der Waals surface area contributed by atoms with Gasteiger partial charge >= 0.3 is 5.97 Å². The van der Waals surface area contributed by atoms with E-state index >= 15 is 0 Å². The van der Waals surface area contributed by atoms with Crippen molar-refractivity contribution >= 4 is 51.3 Å². The Bertz CT molecular complexity index is 1070. The van der Waals surface area contributed by atoms with Crippen LogP contribution in [0.3, 0.4) is 0 Å². The third-order valence-corrected chi connectivity index (χ3v) is 5.06. The second-order valence-electron chi connectivity index (χ2n) is 5.92. The average Bonchev–Trinajstić information content (AvgIpc) is 3.28. The van der Waals surface area contributed by atoms with Gasteiger partial charge in [-0.1, -0.05) is 28.1 Å². The first-order valence-electron chi connectivity index (χ1n) is 8.73. The van der Waals surface area contributed by atoms with Crippen LogP contribution < -0.4 is 15.5 Å². The van der Waals surface area contributed by atoms with Crippen LogP contribution in [0.2, 0.25) is 0 Å². The molecule has 2 aromatic carbocycles. The van der Waals surface area contributed by atoms with Crippen LogP contribution in [0.15, 0.2) is 75.6 Å². The third kappa shape index (κ3) is 6.36. The number of benzene rings is 2. The highest BCUT2D eigenvalue weighted by molar-refractivity contribution is 9.10. The molecule has 0 aliphatic rings. The molecule has 152 valence electrons. The number of hydrazone groups is 1. The number of ether oxygens (including phenoxy) is 1. The molecular formula is C21H16BrN3O4S. The van der Waals surface area contributed by atoms with Crippen molar-refractivity contribution in [2.45, 2.75) is 0 Å². The quantitative estimate of drug-likeness (QED) is 0.231. The molecule has 0 saturated carbocycles. The second-order valence-corrected chi connectivity index (χ2v) is 7.79. The first-order valence-corrected chi connectivity index (χ1v) is 10.4. The van der Waals surface area contributed by atoms with Gasteiger partial charge in [0.25, 0.3) is 11.8 Å². The predicted molar refractivity (Wildman–Crippen MR) is 118 cm³/mol. The minimum Gasteiger partial charge on any atom is -0.422 e. The minimum absolute atomic E-state index is 0.208. The summed E-state index contributed by atoms with van der Waals surface area (Å²) in [5.74, 6) is -0.826. The zero-order chi connectivity index (χ0) is 21.3. The number of hydrogen-bond acceptors (Lipinski definition) is 6. The molecule has 2 amide bonds. The lowest BCUT2D eigenvalue weighted by Crippen LogP contribution is -2.34. The number of esters is 1. The van der Waals surface area contributed by atoms with Crippen molar-refractivity contribution in [3.8, 4) is 5.75 Å². The van der Waals surface area contributed by atoms with E-state index in [9.17, 15) is 14.4 Å². The Morgan fingerprint density at radius 2 is 1.87 bits per heavy atom. The highest BCUT2D eigenvalue weighted by atomic mass is 79.9. The Morgan fingerprint density at radius 3 is 2.57 bits per heavy atom. The molecule has 0 atom stereocenters. The van der Waals surface area contributed by atoms with Crippen molar-refractivity contribution in [2.24, 2.45) is 5.10 Å². The van der Waals surface area contributed by atoms with Crippen LogP contribution in [0.5, 0.6) is 5.75 Å². The fourth-order valence-corrected chi connectivity index (χ4v) is 3.28. The molecule has 0 radical (unpaired) electrons. The first-order chi connectivity index (χ1) is 14.5. The van der Waals surface area contributed by atoms with Crippen LogP contribution in [-0.4, -0.2) is 30.5 Å². The lowest BCUT2D eigenvalue weighted by molar-refractivity contribution is -0.120. The normalized spacial score (nSPS) is 10.6. The van der Waals surface area contributed by atoms with E-state index in [-0.39, 0.29) is 12.5 Å². The molecule has 2 N–H and O–H groups in total. The fourth-order valence-electron chi connectivity index (χ4n) is 2.28. The number of carbonyl (C=O) groups excluding carboxylic acids is 3. The standard InChI is InChI=1S/C21H16BrN3O4S/c22-16-4-1-3-15(11-16)20(27)23-13-19(26)25-24-12-14-6-8-17(9-7-14)29-21(28)18-5-2-10-30-18/h1-12H,13H2,(H,23,27)(H,25,26)/b24-12-. The van der Waals surface area contributed by atoms with E-state index in [1.165, 1.54) is 17.6 Å². The monoisotopic (exact) mass is 485 g/mol. The third-order valence-electron chi connectivity index (χ3n) is 3.71. The highest BCUT2D eigenvalue weighted by Crippen LogP contribution is 2.16. The van der Waals surface area contributed by atoms with Crippen molar-refractivity contribution in [3.05, 3.63) is 86.5 Å². The molecule has 3 rings (SSSR count). The number of rotatable bonds is 7. The SMILES string of the molecule is O=C(CNC(=O)c1cccc(Br)c1)N/N=C\c1ccc(OC(=O)c2cccs2)cc1. The summed E-state index contributed by atoms with van der Waals surface area (Å²) in [4.78, 5) is 36.2. The van der Waals surface area contributed by atoms with E-state index in [1.807, 2.05) is 0 Å². The topological polar surface area (TPSA) is 96.9 Å². The van der Waals surface area contributed by atoms with Crippen LogP contribution in [0.1, 0.15) is 25.6 Å². The van der Waals surface area contributed by atoms with Gasteiger partial charge in [-0.2, -0.15) is 5.10 Å². The van der Waals surface area contributed by atoms with E-state index in [2.05, 4.69) is 31.8 Å². The summed E-state index contributed by atoms with van der Waals surface area (Å²) in [5.41, 5.74) is 3.48. The molecule has 7 nitrogen and oxygen atoms in total. The predicted octanol–water partition coefficient (Wildman–Crippen LogP) is 3.61. The number of amides is 2. The lowest BCUT2D eigenvalue weighted by atomic mass is 10.2. The molecule has 0 bridgehead atoms. The van der Waals surface area contributed by atoms with Gasteiger partial charge in [0.05, 0.1) is 12.8 Å². The van der Waals surface area contributed by atoms with E-state index < -0.39 is 11.9 Å². The number of nitrogens with zero attached hydrogens (tertiary/aromatic N) is 1. The van der Waals surface area contributed by atoms with Gasteiger partial charge in [0, 0.05) is 10.0 Å². The fraction of sp³-hybridized carbons (Fsp3) is 0.0476. The zero-order valence-electron chi connectivity index (χ0n) is 15.5. The number of carbonyl (C=O) groups is 3. The summed E-state index contributed by atoms with van der Waals surface area (Å²) in [6, 6.07) is 17.0. The molecule has 3 aromatic rings. The number of nitrogens with one attached hydrogen (secondary N) is 2. The number of hydrogen-bond donors (Lipinski definition) is 2. The van der Waals surface area contributed by atoms with Gasteiger partial charge in [-0.25, -0.2) is 10.2 Å². The maximum atomic E-state index is 12.0. The van der Waals surface area contributed by atoms with Gasteiger partial charge in [-0.3, -0.25) is 9.59 Å². The number of thiophene rings is 1. The highest BCUT2D eigenvalue weighted by Gasteiger charge is 2.09. The summed E-state index contributed by atoms with van der Waals surface area (Å²) < 4.78 is 6.04. The van der Waals surface area contributed by atoms with Crippen LogP contribution in [0.4, 0.5) is 0 Å². The largest absolute Gasteiger partial charge is 0.422 e. The molecule has 0 fully saturated rings. The molecule has 0 aliphatic heterocycles. The van der Waals surface area contributed by atoms with Crippen molar-refractivity contribution < 1.29 is 19.1 Å². The average molecular weight is 486 g/mol. The van der Waals surface area contributed by atoms with E-state index in [0.717, 1.165) is 4.47 Å². The van der Waals surface area contributed by atoms with Crippen molar-refractivity contribution in [1.29, 1.82) is 0 Å². The second kappa shape index (κ2) is 10.5. The Labute approximate surface area is 184 Å². The summed E-state index contributed by atoms with van der Waals surface area (Å²) in [6.45, 7) is -0.208. The smallest absolute Gasteiger partial charge is 0.353 e. The Balaban J connectivity index is 1.43. The molecule has 0 unspecified atom stereocenters. The summed E-state index contributed by atoms with van der Waals surface area (Å²) in [7, 11) is 0. The Hall–Kier alpha value is -3.30. The van der Waals surface area contributed by atoms with Crippen molar-refractivity contribution in [2.75, 3.05) is 6.54 Å². The maximum Gasteiger partial charge on any atom is 0.353 e. The first kappa shape index (κ1) is 21.4. The molecule has 0 spiro atoms. The minimum atomic E-state index is -0.462. The Kier molecular flexibility index (Phi) is 7.47. The lowest BCUT2D eigenvalue weighted by Gasteiger charge is -2.05. The molecular weight excluding hydrogens is 470 g/mol. The summed E-state index contributed by atoms with van der Waals surface area (Å²) in [6.07, 6.45) is 1.44. The molecule has 30 heavy (non-hydrogen) atoms. The van der Waals surface area contributed by atoms with Gasteiger partial charge in [-0.15, -0.1) is 11.3 Å². The Morgan fingerprint density at radius 1 is 1.07 bits per heavy atom. The van der Waals surface area contributed by atoms with E-state index in [1.54, 1.807) is 66.0 Å². The van der Waals surface area contributed by atoms with Crippen molar-refractivity contribution in [1.82, 2.24) is 10.7 Å². The molecule has 9 heteroatoms. The van der Waals surface area contributed by atoms with Gasteiger partial charge in [0.15, 0.2) is 0 Å². The van der Waals surface area contributed by atoms with E-state index in [4.69, 9.17) is 4.74 Å². The maximum absolute atomic E-state index is 12.0. The van der Waals surface area contributed by atoms with Crippen molar-refractivity contribution in [3.63, 3.8) is 0 Å². The molecule has 0 aliphatic carbocycles. The van der Waals surface area contributed by atoms with Gasteiger partial charge < -0.3 is 10.1 Å².